The number of rotatable bonds is 7. The van der Waals surface area contributed by atoms with Gasteiger partial charge in [0.25, 0.3) is 0 Å². The van der Waals surface area contributed by atoms with Crippen LogP contribution in [0, 0.1) is 11.8 Å². The van der Waals surface area contributed by atoms with Crippen molar-refractivity contribution >= 4 is 5.91 Å². The van der Waals surface area contributed by atoms with Gasteiger partial charge in [-0.2, -0.15) is 0 Å². The van der Waals surface area contributed by atoms with Gasteiger partial charge in [-0.15, -0.1) is 0 Å². The number of piperidine rings is 1. The van der Waals surface area contributed by atoms with Crippen LogP contribution < -0.4 is 0 Å². The second-order valence-corrected chi connectivity index (χ2v) is 6.69. The topological polar surface area (TPSA) is 53.0 Å². The molecule has 0 aromatic heterocycles. The minimum absolute atomic E-state index is 0.0165. The fourth-order valence-electron chi connectivity index (χ4n) is 3.22. The van der Waals surface area contributed by atoms with E-state index in [1.54, 1.807) is 0 Å². The predicted molar refractivity (Wildman–Crippen MR) is 89.9 cm³/mol. The zero-order valence-electron chi connectivity index (χ0n) is 14.1. The van der Waals surface area contributed by atoms with Gasteiger partial charge in [0, 0.05) is 26.2 Å². The maximum Gasteiger partial charge on any atom is 0.248 e. The van der Waals surface area contributed by atoms with Gasteiger partial charge < -0.3 is 19.6 Å². The maximum absolute atomic E-state index is 12.4. The molecule has 0 bridgehead atoms. The molecule has 0 radical (unpaired) electrons. The van der Waals surface area contributed by atoms with Crippen LogP contribution in [0.2, 0.25) is 0 Å². The zero-order chi connectivity index (χ0) is 16.7. The summed E-state index contributed by atoms with van der Waals surface area (Å²) in [6.07, 6.45) is 0.976. The minimum atomic E-state index is 0.0165. The van der Waals surface area contributed by atoms with E-state index in [1.807, 2.05) is 49.3 Å². The molecule has 128 valence electrons. The van der Waals surface area contributed by atoms with Gasteiger partial charge in [-0.25, -0.2) is 0 Å². The molecule has 1 aromatic carbocycles. The van der Waals surface area contributed by atoms with E-state index in [2.05, 4.69) is 4.90 Å². The first-order valence-electron chi connectivity index (χ1n) is 8.23. The highest BCUT2D eigenvalue weighted by molar-refractivity contribution is 5.77. The zero-order valence-corrected chi connectivity index (χ0v) is 14.1. The Labute approximate surface area is 138 Å². The molecule has 1 aromatic rings. The molecule has 0 saturated carbocycles. The molecule has 2 rings (SSSR count). The molecule has 0 aliphatic carbocycles. The summed E-state index contributed by atoms with van der Waals surface area (Å²) in [6.45, 7) is 3.01. The Balaban J connectivity index is 1.82. The van der Waals surface area contributed by atoms with Crippen molar-refractivity contribution in [2.24, 2.45) is 11.8 Å². The van der Waals surface area contributed by atoms with Gasteiger partial charge in [-0.1, -0.05) is 30.3 Å². The smallest absolute Gasteiger partial charge is 0.248 e. The number of hydrogen-bond acceptors (Lipinski definition) is 4. The fraction of sp³-hybridized carbons (Fsp3) is 0.611. The first kappa shape index (κ1) is 17.9. The van der Waals surface area contributed by atoms with Crippen molar-refractivity contribution in [3.63, 3.8) is 0 Å². The molecular weight excluding hydrogens is 292 g/mol. The lowest BCUT2D eigenvalue weighted by molar-refractivity contribution is -0.140. The SMILES string of the molecule is CN(C)C[C@H]1C[C@@H](CO)CN(C(=O)COCc2ccccc2)C1. The summed E-state index contributed by atoms with van der Waals surface area (Å²) in [5.74, 6) is 0.601. The average molecular weight is 320 g/mol. The molecule has 0 unspecified atom stereocenters. The van der Waals surface area contributed by atoms with Crippen LogP contribution in [-0.2, 0) is 16.1 Å². The second kappa shape index (κ2) is 9.01. The third-order valence-electron chi connectivity index (χ3n) is 4.20. The lowest BCUT2D eigenvalue weighted by Crippen LogP contribution is -2.48. The Morgan fingerprint density at radius 3 is 2.61 bits per heavy atom. The van der Waals surface area contributed by atoms with Crippen LogP contribution in [0.15, 0.2) is 30.3 Å². The Morgan fingerprint density at radius 2 is 1.96 bits per heavy atom. The van der Waals surface area contributed by atoms with E-state index < -0.39 is 0 Å². The molecule has 1 amide bonds. The summed E-state index contributed by atoms with van der Waals surface area (Å²) in [7, 11) is 4.08. The molecule has 23 heavy (non-hydrogen) atoms. The Morgan fingerprint density at radius 1 is 1.26 bits per heavy atom. The fourth-order valence-corrected chi connectivity index (χ4v) is 3.22. The molecule has 1 fully saturated rings. The minimum Gasteiger partial charge on any atom is -0.396 e. The van der Waals surface area contributed by atoms with E-state index in [9.17, 15) is 9.90 Å². The van der Waals surface area contributed by atoms with Crippen LogP contribution in [0.3, 0.4) is 0 Å². The molecule has 0 spiro atoms. The lowest BCUT2D eigenvalue weighted by Gasteiger charge is -2.38. The van der Waals surface area contributed by atoms with E-state index in [-0.39, 0.29) is 25.0 Å². The van der Waals surface area contributed by atoms with Gasteiger partial charge in [0.2, 0.25) is 5.91 Å². The van der Waals surface area contributed by atoms with Crippen LogP contribution in [0.25, 0.3) is 0 Å². The summed E-state index contributed by atoms with van der Waals surface area (Å²) in [5.41, 5.74) is 1.07. The number of ether oxygens (including phenoxy) is 1. The largest absolute Gasteiger partial charge is 0.396 e. The van der Waals surface area contributed by atoms with E-state index in [1.165, 1.54) is 0 Å². The second-order valence-electron chi connectivity index (χ2n) is 6.69. The summed E-state index contributed by atoms with van der Waals surface area (Å²) >= 11 is 0. The number of likely N-dealkylation sites (tertiary alicyclic amines) is 1. The van der Waals surface area contributed by atoms with Gasteiger partial charge in [0.1, 0.15) is 6.61 Å². The van der Waals surface area contributed by atoms with Crippen LogP contribution in [0.1, 0.15) is 12.0 Å². The monoisotopic (exact) mass is 320 g/mol. The van der Waals surface area contributed by atoms with Crippen molar-refractivity contribution < 1.29 is 14.6 Å². The van der Waals surface area contributed by atoms with Crippen LogP contribution in [0.4, 0.5) is 0 Å². The van der Waals surface area contributed by atoms with E-state index in [4.69, 9.17) is 4.74 Å². The summed E-state index contributed by atoms with van der Waals surface area (Å²) < 4.78 is 5.56. The van der Waals surface area contributed by atoms with E-state index in [0.29, 0.717) is 19.1 Å². The molecule has 1 heterocycles. The van der Waals surface area contributed by atoms with Crippen molar-refractivity contribution in [3.05, 3.63) is 35.9 Å². The van der Waals surface area contributed by atoms with Crippen molar-refractivity contribution in [2.45, 2.75) is 13.0 Å². The first-order valence-corrected chi connectivity index (χ1v) is 8.23. The number of benzene rings is 1. The summed E-state index contributed by atoms with van der Waals surface area (Å²) in [4.78, 5) is 16.4. The molecule has 1 aliphatic heterocycles. The molecule has 1 N–H and O–H groups in total. The number of nitrogens with zero attached hydrogens (tertiary/aromatic N) is 2. The van der Waals surface area contributed by atoms with Crippen LogP contribution in [-0.4, -0.2) is 67.8 Å². The van der Waals surface area contributed by atoms with Gasteiger partial charge in [0.05, 0.1) is 6.61 Å². The molecular formula is C18H28N2O3. The third kappa shape index (κ3) is 5.94. The number of aliphatic hydroxyl groups excluding tert-OH is 1. The van der Waals surface area contributed by atoms with E-state index >= 15 is 0 Å². The highest BCUT2D eigenvalue weighted by atomic mass is 16.5. The van der Waals surface area contributed by atoms with Gasteiger partial charge >= 0.3 is 0 Å². The maximum atomic E-state index is 12.4. The van der Waals surface area contributed by atoms with Gasteiger partial charge in [-0.05, 0) is 37.9 Å². The number of carbonyl (C=O) groups excluding carboxylic acids is 1. The van der Waals surface area contributed by atoms with Crippen molar-refractivity contribution in [1.82, 2.24) is 9.80 Å². The van der Waals surface area contributed by atoms with Gasteiger partial charge in [0.15, 0.2) is 0 Å². The van der Waals surface area contributed by atoms with E-state index in [0.717, 1.165) is 25.1 Å². The number of aliphatic hydroxyl groups is 1. The number of carbonyl (C=O) groups is 1. The highest BCUT2D eigenvalue weighted by Gasteiger charge is 2.29. The molecule has 1 saturated heterocycles. The van der Waals surface area contributed by atoms with Crippen LogP contribution >= 0.6 is 0 Å². The average Bonchev–Trinajstić information content (AvgIpc) is 2.54. The van der Waals surface area contributed by atoms with Crippen molar-refractivity contribution in [2.75, 3.05) is 46.9 Å². The number of amides is 1. The standard InChI is InChI=1S/C18H28N2O3/c1-19(2)9-16-8-17(12-21)11-20(10-16)18(22)14-23-13-15-6-4-3-5-7-15/h3-7,16-17,21H,8-14H2,1-2H3/t16-,17-/m1/s1. The van der Waals surface area contributed by atoms with Crippen molar-refractivity contribution in [1.29, 1.82) is 0 Å². The number of hydrogen-bond donors (Lipinski definition) is 1. The highest BCUT2D eigenvalue weighted by Crippen LogP contribution is 2.22. The quantitative estimate of drug-likeness (QED) is 0.821. The Bertz CT molecular complexity index is 478. The molecule has 5 heteroatoms. The summed E-state index contributed by atoms with van der Waals surface area (Å²) in [5, 5.41) is 9.48. The third-order valence-corrected chi connectivity index (χ3v) is 4.20. The Hall–Kier alpha value is -1.43. The molecule has 2 atom stereocenters. The molecule has 1 aliphatic rings. The van der Waals surface area contributed by atoms with Gasteiger partial charge in [-0.3, -0.25) is 4.79 Å². The summed E-state index contributed by atoms with van der Waals surface area (Å²) in [6, 6.07) is 9.86. The Kier molecular flexibility index (Phi) is 7.02. The normalized spacial score (nSPS) is 21.7. The molecule has 5 nitrogen and oxygen atoms in total. The van der Waals surface area contributed by atoms with Crippen LogP contribution in [0.5, 0.6) is 0 Å². The van der Waals surface area contributed by atoms with Crippen molar-refractivity contribution in [3.8, 4) is 0 Å². The first-order chi connectivity index (χ1) is 11.1. The predicted octanol–water partition coefficient (Wildman–Crippen LogP) is 1.22. The lowest BCUT2D eigenvalue weighted by atomic mass is 9.89.